The molecule has 4 N–H and O–H groups in total. The highest BCUT2D eigenvalue weighted by Gasteiger charge is 2.93. The van der Waals surface area contributed by atoms with Gasteiger partial charge in [0.05, 0.1) is 18.6 Å². The maximum atomic E-state index is 13.4. The van der Waals surface area contributed by atoms with Gasteiger partial charge in [-0.05, 0) is 20.3 Å². The third-order valence-electron chi connectivity index (χ3n) is 11.1. The molecule has 1 heterocycles. The number of ketones is 1. The lowest BCUT2D eigenvalue weighted by atomic mass is 9.60. The molecule has 0 aromatic carbocycles. The Balaban J connectivity index is 1.75. The molecule has 10 nitrogen and oxygen atoms in total. The van der Waals surface area contributed by atoms with Gasteiger partial charge in [-0.25, -0.2) is 4.79 Å². The molecule has 40 heavy (non-hydrogen) atoms. The summed E-state index contributed by atoms with van der Waals surface area (Å²) in [6.07, 6.45) is -0.412. The number of esters is 2. The van der Waals surface area contributed by atoms with Crippen molar-refractivity contribution in [2.24, 2.45) is 35.0 Å². The Hall–Kier alpha value is -2.11. The summed E-state index contributed by atoms with van der Waals surface area (Å²) in [6.45, 7) is 13.1. The smallest absolute Gasteiger partial charge is 0.333 e. The quantitative estimate of drug-likeness (QED) is 0.160. The first kappa shape index (κ1) is 29.4. The molecule has 222 valence electrons. The van der Waals surface area contributed by atoms with Crippen LogP contribution in [0.25, 0.3) is 0 Å². The predicted molar refractivity (Wildman–Crippen MR) is 140 cm³/mol. The van der Waals surface area contributed by atoms with Crippen molar-refractivity contribution in [1.82, 2.24) is 0 Å². The summed E-state index contributed by atoms with van der Waals surface area (Å²) in [6, 6.07) is 0. The highest BCUT2D eigenvalue weighted by Crippen LogP contribution is 2.79. The molecule has 0 amide bonds. The predicted octanol–water partition coefficient (Wildman–Crippen LogP) is 1.23. The number of aliphatic hydroxyl groups is 4. The average Bonchev–Trinajstić information content (AvgIpc) is 3.75. The van der Waals surface area contributed by atoms with Crippen LogP contribution in [0.5, 0.6) is 0 Å². The minimum absolute atomic E-state index is 0.0838. The van der Waals surface area contributed by atoms with Gasteiger partial charge in [0, 0.05) is 40.2 Å². The van der Waals surface area contributed by atoms with Crippen molar-refractivity contribution >= 4 is 17.7 Å². The fraction of sp³-hybridized carbons (Fsp3) is 0.767. The van der Waals surface area contributed by atoms with Crippen LogP contribution in [0.2, 0.25) is 0 Å². The number of hydrogen-bond acceptors (Lipinski definition) is 10. The van der Waals surface area contributed by atoms with E-state index in [1.165, 1.54) is 6.08 Å². The number of ether oxygens (including phenoxy) is 3. The standard InChI is InChI=1S/C30H42O10/c1-9-13(3)23(33)38-21-16(6)28(36)17-11-15(5)20(32)29(17,37)25(35)27(12-31)22(39-27)18(28)19-26(7,8)30(19,21)40-24(34)14(4)10-2/h9,11,14-16,18-19,21-22,25,31,35-37H,10,12H2,1-8H3. The van der Waals surface area contributed by atoms with Crippen molar-refractivity contribution in [3.63, 3.8) is 0 Å². The zero-order valence-corrected chi connectivity index (χ0v) is 24.4. The van der Waals surface area contributed by atoms with Crippen molar-refractivity contribution in [2.75, 3.05) is 6.61 Å². The average molecular weight is 563 g/mol. The van der Waals surface area contributed by atoms with E-state index in [0.717, 1.165) is 0 Å². The van der Waals surface area contributed by atoms with Crippen LogP contribution in [-0.4, -0.2) is 85.5 Å². The molecule has 0 aromatic rings. The molecule has 0 spiro atoms. The Bertz CT molecular complexity index is 1220. The van der Waals surface area contributed by atoms with E-state index in [-0.39, 0.29) is 5.57 Å². The molecule has 1 saturated heterocycles. The van der Waals surface area contributed by atoms with Crippen LogP contribution in [0.4, 0.5) is 0 Å². The number of hydrogen-bond donors (Lipinski definition) is 4. The summed E-state index contributed by atoms with van der Waals surface area (Å²) in [7, 11) is 0. The number of fused-ring (bicyclic) bond motifs is 7. The summed E-state index contributed by atoms with van der Waals surface area (Å²) in [5.41, 5.74) is -8.26. The highest BCUT2D eigenvalue weighted by molar-refractivity contribution is 5.98. The topological polar surface area (TPSA) is 163 Å². The van der Waals surface area contributed by atoms with Crippen molar-refractivity contribution in [1.29, 1.82) is 0 Å². The van der Waals surface area contributed by atoms with Gasteiger partial charge in [-0.2, -0.15) is 0 Å². The molecule has 5 rings (SSSR count). The monoisotopic (exact) mass is 562 g/mol. The van der Waals surface area contributed by atoms with Gasteiger partial charge in [-0.1, -0.05) is 53.7 Å². The highest BCUT2D eigenvalue weighted by atomic mass is 16.6. The van der Waals surface area contributed by atoms with E-state index in [0.29, 0.717) is 12.0 Å². The van der Waals surface area contributed by atoms with Gasteiger partial charge in [0.2, 0.25) is 0 Å². The van der Waals surface area contributed by atoms with E-state index in [2.05, 4.69) is 0 Å². The first-order valence-electron chi connectivity index (χ1n) is 14.2. The third kappa shape index (κ3) is 3.14. The summed E-state index contributed by atoms with van der Waals surface area (Å²) in [4.78, 5) is 40.0. The second-order valence-corrected chi connectivity index (χ2v) is 13.2. The van der Waals surface area contributed by atoms with Gasteiger partial charge in [-0.15, -0.1) is 0 Å². The fourth-order valence-electron chi connectivity index (χ4n) is 8.27. The Morgan fingerprint density at radius 2 is 1.85 bits per heavy atom. The molecular weight excluding hydrogens is 520 g/mol. The number of aliphatic hydroxyl groups excluding tert-OH is 2. The Kier molecular flexibility index (Phi) is 6.39. The van der Waals surface area contributed by atoms with Gasteiger partial charge < -0.3 is 34.6 Å². The molecule has 10 heteroatoms. The van der Waals surface area contributed by atoms with E-state index >= 15 is 0 Å². The van der Waals surface area contributed by atoms with Crippen LogP contribution in [0.15, 0.2) is 23.3 Å². The first-order chi connectivity index (χ1) is 18.5. The maximum absolute atomic E-state index is 13.4. The summed E-state index contributed by atoms with van der Waals surface area (Å²) >= 11 is 0. The maximum Gasteiger partial charge on any atom is 0.333 e. The molecule has 3 saturated carbocycles. The van der Waals surface area contributed by atoms with Crippen molar-refractivity contribution in [2.45, 2.75) is 103 Å². The normalized spacial score (nSPS) is 48.9. The number of allylic oxidation sites excluding steroid dienone is 2. The number of rotatable bonds is 6. The second-order valence-electron chi connectivity index (χ2n) is 13.2. The summed E-state index contributed by atoms with van der Waals surface area (Å²) in [5, 5.41) is 46.7. The molecule has 12 atom stereocenters. The van der Waals surface area contributed by atoms with Gasteiger partial charge in [0.25, 0.3) is 0 Å². The van der Waals surface area contributed by atoms with Gasteiger partial charge >= 0.3 is 11.9 Å². The zero-order valence-electron chi connectivity index (χ0n) is 24.4. The van der Waals surface area contributed by atoms with E-state index < -0.39 is 100 Å². The summed E-state index contributed by atoms with van der Waals surface area (Å²) < 4.78 is 18.4. The fourth-order valence-corrected chi connectivity index (χ4v) is 8.27. The van der Waals surface area contributed by atoms with E-state index in [4.69, 9.17) is 14.2 Å². The molecule has 12 unspecified atom stereocenters. The minimum Gasteiger partial charge on any atom is -0.454 e. The third-order valence-corrected chi connectivity index (χ3v) is 11.1. The van der Waals surface area contributed by atoms with Crippen LogP contribution >= 0.6 is 0 Å². The molecule has 0 bridgehead atoms. The number of epoxide rings is 1. The van der Waals surface area contributed by atoms with Crippen molar-refractivity contribution in [3.05, 3.63) is 23.3 Å². The van der Waals surface area contributed by atoms with Gasteiger partial charge in [0.1, 0.15) is 23.4 Å². The zero-order chi connectivity index (χ0) is 30.0. The van der Waals surface area contributed by atoms with E-state index in [1.807, 2.05) is 20.8 Å². The molecule has 0 radical (unpaired) electrons. The Labute approximate surface area is 234 Å². The van der Waals surface area contributed by atoms with E-state index in [9.17, 15) is 34.8 Å². The molecule has 4 fully saturated rings. The van der Waals surface area contributed by atoms with Crippen LogP contribution in [0, 0.1) is 35.0 Å². The summed E-state index contributed by atoms with van der Waals surface area (Å²) in [5.74, 6) is -5.73. The minimum atomic E-state index is -2.53. The molecule has 0 aromatic heterocycles. The molecular formula is C30H42O10. The lowest BCUT2D eigenvalue weighted by molar-refractivity contribution is -0.214. The van der Waals surface area contributed by atoms with Crippen molar-refractivity contribution in [3.8, 4) is 0 Å². The Morgan fingerprint density at radius 1 is 1.23 bits per heavy atom. The lowest BCUT2D eigenvalue weighted by Crippen LogP contribution is -2.66. The lowest BCUT2D eigenvalue weighted by Gasteiger charge is -2.52. The number of Topliss-reactive ketones (excluding diaryl/α,β-unsaturated/α-hetero) is 1. The van der Waals surface area contributed by atoms with E-state index in [1.54, 1.807) is 40.7 Å². The molecule has 1 aliphatic heterocycles. The Morgan fingerprint density at radius 3 is 2.40 bits per heavy atom. The first-order valence-corrected chi connectivity index (χ1v) is 14.2. The van der Waals surface area contributed by atoms with Crippen LogP contribution < -0.4 is 0 Å². The van der Waals surface area contributed by atoms with Crippen LogP contribution in [0.1, 0.15) is 61.8 Å². The van der Waals surface area contributed by atoms with Crippen molar-refractivity contribution < 1.29 is 49.0 Å². The number of carbonyl (C=O) groups excluding carboxylic acids is 3. The second kappa shape index (κ2) is 8.70. The number of carbonyl (C=O) groups is 3. The van der Waals surface area contributed by atoms with Crippen LogP contribution in [0.3, 0.4) is 0 Å². The van der Waals surface area contributed by atoms with Gasteiger partial charge in [-0.3, -0.25) is 9.59 Å². The molecule has 5 aliphatic rings. The molecule has 4 aliphatic carbocycles. The van der Waals surface area contributed by atoms with Gasteiger partial charge in [0.15, 0.2) is 17.0 Å². The SMILES string of the molecule is CC=C(C)C(=O)OC1C(C)C2(O)C3=CC(C)C(=O)C3(O)C(O)C3(CO)OC3C2C2C(C)(C)C12OC(=O)C(C)CC. The largest absolute Gasteiger partial charge is 0.454 e. The van der Waals surface area contributed by atoms with Crippen LogP contribution in [-0.2, 0) is 28.6 Å².